The van der Waals surface area contributed by atoms with Crippen molar-refractivity contribution < 1.29 is 14.2 Å². The molecule has 29 heavy (non-hydrogen) atoms. The molecule has 0 aliphatic rings. The molecule has 0 bridgehead atoms. The fourth-order valence-corrected chi connectivity index (χ4v) is 2.54. The van der Waals surface area contributed by atoms with E-state index in [9.17, 15) is 0 Å². The van der Waals surface area contributed by atoms with Gasteiger partial charge in [0.15, 0.2) is 22.9 Å². The zero-order valence-corrected chi connectivity index (χ0v) is 17.7. The number of nitrogens with zero attached hydrogens (tertiary/aromatic N) is 4. The Kier molecular flexibility index (Phi) is 8.23. The topological polar surface area (TPSA) is 101 Å². The molecule has 1 aromatic carbocycles. The van der Waals surface area contributed by atoms with E-state index in [2.05, 4.69) is 25.9 Å². The first-order chi connectivity index (χ1) is 14.0. The number of ether oxygens (including phenoxy) is 3. The Morgan fingerprint density at radius 3 is 2.10 bits per heavy atom. The monoisotopic (exact) mass is 472 g/mol. The molecular weight excluding hydrogens is 460 g/mol. The van der Waals surface area contributed by atoms with Crippen LogP contribution in [0.1, 0.15) is 11.4 Å². The van der Waals surface area contributed by atoms with Crippen LogP contribution < -0.4 is 14.2 Å². The Morgan fingerprint density at radius 1 is 0.897 bits per heavy atom. The molecular formula is C20H14BrClN4O3. The number of hydrogen-bond donors (Lipinski definition) is 0. The van der Waals surface area contributed by atoms with Gasteiger partial charge < -0.3 is 14.2 Å². The van der Waals surface area contributed by atoms with Crippen molar-refractivity contribution in [1.82, 2.24) is 9.97 Å². The number of halogens is 2. The zero-order chi connectivity index (χ0) is 21.2. The minimum Gasteiger partial charge on any atom is -0.494 e. The minimum atomic E-state index is 0.218. The lowest BCUT2D eigenvalue weighted by Crippen LogP contribution is -1.93. The van der Waals surface area contributed by atoms with E-state index < -0.39 is 0 Å². The number of nitriles is 2. The second-order valence-corrected chi connectivity index (χ2v) is 6.56. The van der Waals surface area contributed by atoms with Gasteiger partial charge in [-0.05, 0) is 40.2 Å². The van der Waals surface area contributed by atoms with Gasteiger partial charge >= 0.3 is 0 Å². The van der Waals surface area contributed by atoms with Gasteiger partial charge in [-0.1, -0.05) is 17.7 Å². The third-order valence-corrected chi connectivity index (χ3v) is 4.00. The fraction of sp³-hybridized carbons (Fsp3) is 0.100. The number of hydrogen-bond acceptors (Lipinski definition) is 7. The second-order valence-electron chi connectivity index (χ2n) is 5.21. The molecule has 0 N–H and O–H groups in total. The molecule has 3 aromatic rings. The predicted molar refractivity (Wildman–Crippen MR) is 110 cm³/mol. The van der Waals surface area contributed by atoms with Gasteiger partial charge in [-0.15, -0.1) is 0 Å². The number of rotatable bonds is 4. The third-order valence-electron chi connectivity index (χ3n) is 3.33. The van der Waals surface area contributed by atoms with E-state index in [1.54, 1.807) is 42.6 Å². The molecule has 2 heterocycles. The summed E-state index contributed by atoms with van der Waals surface area (Å²) in [5.74, 6) is 1.93. The number of benzene rings is 1. The third kappa shape index (κ3) is 6.35. The summed E-state index contributed by atoms with van der Waals surface area (Å²) in [6.07, 6.45) is 3.02. The Hall–Kier alpha value is -3.33. The maximum absolute atomic E-state index is 8.82. The van der Waals surface area contributed by atoms with E-state index >= 15 is 0 Å². The molecule has 3 rings (SSSR count). The number of methoxy groups -OCH3 is 2. The summed E-state index contributed by atoms with van der Waals surface area (Å²) in [7, 11) is 2.98. The average Bonchev–Trinajstić information content (AvgIpc) is 2.74. The van der Waals surface area contributed by atoms with Gasteiger partial charge in [0.25, 0.3) is 0 Å². The molecule has 0 unspecified atom stereocenters. The number of aromatic nitrogens is 2. The summed E-state index contributed by atoms with van der Waals surface area (Å²) in [4.78, 5) is 7.78. The van der Waals surface area contributed by atoms with E-state index in [0.717, 1.165) is 4.47 Å². The highest BCUT2D eigenvalue weighted by atomic mass is 79.9. The van der Waals surface area contributed by atoms with E-state index in [0.29, 0.717) is 33.7 Å². The summed E-state index contributed by atoms with van der Waals surface area (Å²) in [6, 6.07) is 14.2. The summed E-state index contributed by atoms with van der Waals surface area (Å²) >= 11 is 9.07. The number of pyridine rings is 2. The quantitative estimate of drug-likeness (QED) is 0.517. The lowest BCUT2D eigenvalue weighted by Gasteiger charge is -2.07. The van der Waals surface area contributed by atoms with E-state index in [4.69, 9.17) is 36.3 Å². The molecule has 0 radical (unpaired) electrons. The summed E-state index contributed by atoms with van der Waals surface area (Å²) in [6.45, 7) is 0. The summed E-state index contributed by atoms with van der Waals surface area (Å²) in [5.41, 5.74) is 0.520. The van der Waals surface area contributed by atoms with E-state index in [1.165, 1.54) is 20.4 Å². The highest BCUT2D eigenvalue weighted by Crippen LogP contribution is 2.27. The molecule has 146 valence electrons. The molecule has 0 spiro atoms. The first kappa shape index (κ1) is 22.0. The van der Waals surface area contributed by atoms with Crippen LogP contribution in [0.25, 0.3) is 0 Å². The normalized spacial score (nSPS) is 9.31. The van der Waals surface area contributed by atoms with Gasteiger partial charge in [-0.25, -0.2) is 9.97 Å². The van der Waals surface area contributed by atoms with Crippen molar-refractivity contribution in [1.29, 1.82) is 10.5 Å². The second kappa shape index (κ2) is 10.9. The molecule has 9 heteroatoms. The van der Waals surface area contributed by atoms with Gasteiger partial charge in [0.2, 0.25) is 0 Å². The van der Waals surface area contributed by atoms with Crippen molar-refractivity contribution in [3.63, 3.8) is 0 Å². The Bertz CT molecular complexity index is 1080. The predicted octanol–water partition coefficient (Wildman–Crippen LogP) is 5.13. The molecule has 0 atom stereocenters. The van der Waals surface area contributed by atoms with Crippen LogP contribution in [0.15, 0.2) is 53.3 Å². The van der Waals surface area contributed by atoms with Crippen LogP contribution in [0.3, 0.4) is 0 Å². The van der Waals surface area contributed by atoms with Crippen LogP contribution >= 0.6 is 27.5 Å². The van der Waals surface area contributed by atoms with Gasteiger partial charge in [0.1, 0.15) is 23.6 Å². The van der Waals surface area contributed by atoms with Crippen molar-refractivity contribution in [2.24, 2.45) is 0 Å². The maximum atomic E-state index is 8.82. The minimum absolute atomic E-state index is 0.218. The van der Waals surface area contributed by atoms with Crippen molar-refractivity contribution in [3.8, 4) is 35.1 Å². The largest absolute Gasteiger partial charge is 0.494 e. The van der Waals surface area contributed by atoms with Crippen LogP contribution in [-0.4, -0.2) is 24.2 Å². The maximum Gasteiger partial charge on any atom is 0.182 e. The van der Waals surface area contributed by atoms with E-state index in [-0.39, 0.29) is 5.69 Å². The van der Waals surface area contributed by atoms with Crippen LogP contribution in [0.2, 0.25) is 5.02 Å². The first-order valence-corrected chi connectivity index (χ1v) is 9.15. The SMILES string of the molecule is COc1cc(Br)cnc1C#N.COc1cc(Oc2cccc(Cl)c2)cnc1C#N. The van der Waals surface area contributed by atoms with Crippen molar-refractivity contribution >= 4 is 27.5 Å². The van der Waals surface area contributed by atoms with E-state index in [1.807, 2.05) is 12.1 Å². The average molecular weight is 474 g/mol. The van der Waals surface area contributed by atoms with Crippen LogP contribution in [0.4, 0.5) is 0 Å². The van der Waals surface area contributed by atoms with Crippen LogP contribution in [0.5, 0.6) is 23.0 Å². The standard InChI is InChI=1S/C13H9ClN2O2.C7H5BrN2O/c1-17-13-6-11(8-16-12(13)7-15)18-10-4-2-3-9(14)5-10;1-11-7-2-5(8)4-10-6(7)3-9/h2-6,8H,1H3;2,4H,1H3. The lowest BCUT2D eigenvalue weighted by atomic mass is 10.3. The Morgan fingerprint density at radius 2 is 1.52 bits per heavy atom. The molecule has 0 fully saturated rings. The van der Waals surface area contributed by atoms with Crippen molar-refractivity contribution in [3.05, 3.63) is 69.7 Å². The molecule has 0 aliphatic heterocycles. The molecule has 0 aliphatic carbocycles. The van der Waals surface area contributed by atoms with Crippen LogP contribution in [-0.2, 0) is 0 Å². The zero-order valence-electron chi connectivity index (χ0n) is 15.4. The Balaban J connectivity index is 0.000000234. The van der Waals surface area contributed by atoms with Gasteiger partial charge in [0.05, 0.1) is 20.4 Å². The van der Waals surface area contributed by atoms with Gasteiger partial charge in [0, 0.05) is 21.8 Å². The molecule has 2 aromatic heterocycles. The highest BCUT2D eigenvalue weighted by molar-refractivity contribution is 9.10. The lowest BCUT2D eigenvalue weighted by molar-refractivity contribution is 0.404. The highest BCUT2D eigenvalue weighted by Gasteiger charge is 2.07. The molecule has 7 nitrogen and oxygen atoms in total. The first-order valence-electron chi connectivity index (χ1n) is 7.98. The molecule has 0 saturated carbocycles. The van der Waals surface area contributed by atoms with Crippen molar-refractivity contribution in [2.45, 2.75) is 0 Å². The van der Waals surface area contributed by atoms with Gasteiger partial charge in [-0.2, -0.15) is 10.5 Å². The molecule has 0 saturated heterocycles. The van der Waals surface area contributed by atoms with Crippen LogP contribution in [0, 0.1) is 22.7 Å². The molecule has 0 amide bonds. The van der Waals surface area contributed by atoms with Crippen molar-refractivity contribution in [2.75, 3.05) is 14.2 Å². The fourth-order valence-electron chi connectivity index (χ4n) is 2.05. The summed E-state index contributed by atoms with van der Waals surface area (Å²) in [5, 5.41) is 17.9. The van der Waals surface area contributed by atoms with Gasteiger partial charge in [-0.3, -0.25) is 0 Å². The summed E-state index contributed by atoms with van der Waals surface area (Å²) < 4.78 is 16.3. The Labute approximate surface area is 181 Å². The smallest absolute Gasteiger partial charge is 0.182 e.